The van der Waals surface area contributed by atoms with Crippen molar-refractivity contribution in [2.24, 2.45) is 0 Å². The van der Waals surface area contributed by atoms with Gasteiger partial charge in [0.2, 0.25) is 5.91 Å². The van der Waals surface area contributed by atoms with Gasteiger partial charge in [-0.25, -0.2) is 4.79 Å². The molecule has 0 unspecified atom stereocenters. The standard InChI is InChI=1S/C17H14N2O3S/c18-9-12-5-7-13(8-6-12)10-23-11-16(20)19-15-4-2-1-3-14(15)17(21)22/h1-8H,10-11H2,(H,19,20)(H,21,22). The Kier molecular flexibility index (Phi) is 5.78. The van der Waals surface area contributed by atoms with Gasteiger partial charge < -0.3 is 10.4 Å². The van der Waals surface area contributed by atoms with Crippen LogP contribution in [0.3, 0.4) is 0 Å². The summed E-state index contributed by atoms with van der Waals surface area (Å²) in [5, 5.41) is 20.4. The van der Waals surface area contributed by atoms with Crippen molar-refractivity contribution in [3.63, 3.8) is 0 Å². The molecule has 23 heavy (non-hydrogen) atoms. The number of para-hydroxylation sites is 1. The first-order chi connectivity index (χ1) is 11.1. The number of hydrogen-bond acceptors (Lipinski definition) is 4. The second-order valence-electron chi connectivity index (χ2n) is 4.70. The van der Waals surface area contributed by atoms with E-state index >= 15 is 0 Å². The molecule has 116 valence electrons. The molecule has 5 nitrogen and oxygen atoms in total. The fraction of sp³-hybridized carbons (Fsp3) is 0.118. The molecule has 0 radical (unpaired) electrons. The number of carbonyl (C=O) groups is 2. The average Bonchev–Trinajstić information content (AvgIpc) is 2.56. The molecule has 0 aliphatic carbocycles. The summed E-state index contributed by atoms with van der Waals surface area (Å²) in [5.41, 5.74) is 1.98. The quantitative estimate of drug-likeness (QED) is 0.851. The van der Waals surface area contributed by atoms with Gasteiger partial charge in [0.25, 0.3) is 0 Å². The van der Waals surface area contributed by atoms with Gasteiger partial charge >= 0.3 is 5.97 Å². The maximum Gasteiger partial charge on any atom is 0.337 e. The highest BCUT2D eigenvalue weighted by Crippen LogP contribution is 2.17. The van der Waals surface area contributed by atoms with Gasteiger partial charge in [-0.1, -0.05) is 24.3 Å². The van der Waals surface area contributed by atoms with Crippen LogP contribution < -0.4 is 5.32 Å². The third-order valence-corrected chi connectivity index (χ3v) is 4.02. The van der Waals surface area contributed by atoms with Crippen LogP contribution in [0.2, 0.25) is 0 Å². The summed E-state index contributed by atoms with van der Waals surface area (Å²) in [5.74, 6) is -0.475. The topological polar surface area (TPSA) is 90.2 Å². The van der Waals surface area contributed by atoms with E-state index < -0.39 is 5.97 Å². The third kappa shape index (κ3) is 4.87. The van der Waals surface area contributed by atoms with E-state index in [0.717, 1.165) is 5.56 Å². The summed E-state index contributed by atoms with van der Waals surface area (Å²) in [4.78, 5) is 23.0. The number of amides is 1. The predicted octanol–water partition coefficient (Wildman–Crippen LogP) is 3.13. The molecule has 0 aliphatic rings. The highest BCUT2D eigenvalue weighted by atomic mass is 32.2. The van der Waals surface area contributed by atoms with Crippen LogP contribution in [0.4, 0.5) is 5.69 Å². The number of benzene rings is 2. The molecule has 2 aromatic carbocycles. The fourth-order valence-corrected chi connectivity index (χ4v) is 2.69. The fourth-order valence-electron chi connectivity index (χ4n) is 1.90. The van der Waals surface area contributed by atoms with Crippen molar-refractivity contribution in [2.75, 3.05) is 11.1 Å². The van der Waals surface area contributed by atoms with Crippen LogP contribution in [-0.4, -0.2) is 22.7 Å². The zero-order chi connectivity index (χ0) is 16.7. The Bertz CT molecular complexity index is 751. The number of anilines is 1. The minimum absolute atomic E-state index is 0.0675. The van der Waals surface area contributed by atoms with Crippen molar-refractivity contribution in [2.45, 2.75) is 5.75 Å². The number of aromatic carboxylic acids is 1. The number of carbonyl (C=O) groups excluding carboxylic acids is 1. The highest BCUT2D eigenvalue weighted by molar-refractivity contribution is 7.99. The molecular weight excluding hydrogens is 312 g/mol. The number of hydrogen-bond donors (Lipinski definition) is 2. The Morgan fingerprint density at radius 2 is 1.83 bits per heavy atom. The average molecular weight is 326 g/mol. The zero-order valence-corrected chi connectivity index (χ0v) is 13.0. The molecule has 0 bridgehead atoms. The highest BCUT2D eigenvalue weighted by Gasteiger charge is 2.11. The number of nitriles is 1. The second-order valence-corrected chi connectivity index (χ2v) is 5.69. The monoisotopic (exact) mass is 326 g/mol. The van der Waals surface area contributed by atoms with E-state index in [0.29, 0.717) is 17.0 Å². The van der Waals surface area contributed by atoms with Crippen LogP contribution in [0, 0.1) is 11.3 Å². The van der Waals surface area contributed by atoms with Gasteiger partial charge in [-0.3, -0.25) is 4.79 Å². The van der Waals surface area contributed by atoms with Crippen LogP contribution in [0.15, 0.2) is 48.5 Å². The van der Waals surface area contributed by atoms with Gasteiger partial charge in [-0.05, 0) is 29.8 Å². The number of carboxylic acids is 1. The summed E-state index contributed by atoms with van der Waals surface area (Å²) in [7, 11) is 0. The van der Waals surface area contributed by atoms with Gasteiger partial charge in [-0.15, -0.1) is 11.8 Å². The molecule has 6 heteroatoms. The van der Waals surface area contributed by atoms with E-state index in [9.17, 15) is 9.59 Å². The molecule has 0 fully saturated rings. The first kappa shape index (κ1) is 16.6. The van der Waals surface area contributed by atoms with E-state index in [1.807, 2.05) is 12.1 Å². The van der Waals surface area contributed by atoms with Crippen molar-refractivity contribution in [1.82, 2.24) is 0 Å². The maximum absolute atomic E-state index is 11.9. The molecule has 1 amide bonds. The maximum atomic E-state index is 11.9. The molecule has 0 atom stereocenters. The van der Waals surface area contributed by atoms with Crippen molar-refractivity contribution in [1.29, 1.82) is 5.26 Å². The molecular formula is C17H14N2O3S. The Morgan fingerprint density at radius 1 is 1.13 bits per heavy atom. The predicted molar refractivity (Wildman–Crippen MR) is 89.4 cm³/mol. The van der Waals surface area contributed by atoms with Gasteiger partial charge in [0, 0.05) is 5.75 Å². The van der Waals surface area contributed by atoms with Gasteiger partial charge in [-0.2, -0.15) is 5.26 Å². The molecule has 2 N–H and O–H groups in total. The number of carboxylic acid groups (broad SMARTS) is 1. The summed E-state index contributed by atoms with van der Waals surface area (Å²) in [6, 6.07) is 15.5. The lowest BCUT2D eigenvalue weighted by Gasteiger charge is -2.08. The number of nitrogens with one attached hydrogen (secondary N) is 1. The van der Waals surface area contributed by atoms with Gasteiger partial charge in [0.15, 0.2) is 0 Å². The first-order valence-electron chi connectivity index (χ1n) is 6.79. The van der Waals surface area contributed by atoms with Crippen molar-refractivity contribution >= 4 is 29.3 Å². The molecule has 0 aromatic heterocycles. The largest absolute Gasteiger partial charge is 0.478 e. The Labute approximate surface area is 137 Å². The lowest BCUT2D eigenvalue weighted by Crippen LogP contribution is -2.16. The van der Waals surface area contributed by atoms with Crippen LogP contribution in [0.1, 0.15) is 21.5 Å². The molecule has 2 rings (SSSR count). The molecule has 0 aliphatic heterocycles. The molecule has 0 saturated heterocycles. The molecule has 0 heterocycles. The third-order valence-electron chi connectivity index (χ3n) is 3.02. The summed E-state index contributed by atoms with van der Waals surface area (Å²) in [6.45, 7) is 0. The molecule has 2 aromatic rings. The summed E-state index contributed by atoms with van der Waals surface area (Å²) >= 11 is 1.42. The normalized spacial score (nSPS) is 9.87. The van der Waals surface area contributed by atoms with Gasteiger partial charge in [0.05, 0.1) is 28.6 Å². The van der Waals surface area contributed by atoms with Crippen molar-refractivity contribution in [3.8, 4) is 6.07 Å². The Balaban J connectivity index is 1.86. The number of thioether (sulfide) groups is 1. The summed E-state index contributed by atoms with van der Waals surface area (Å²) < 4.78 is 0. The van der Waals surface area contributed by atoms with E-state index in [4.69, 9.17) is 10.4 Å². The van der Waals surface area contributed by atoms with E-state index in [-0.39, 0.29) is 17.2 Å². The Hall–Kier alpha value is -2.78. The van der Waals surface area contributed by atoms with Crippen LogP contribution >= 0.6 is 11.8 Å². The first-order valence-corrected chi connectivity index (χ1v) is 7.94. The lowest BCUT2D eigenvalue weighted by atomic mass is 10.2. The second kappa shape index (κ2) is 8.01. The van der Waals surface area contributed by atoms with Crippen LogP contribution in [0.5, 0.6) is 0 Å². The minimum Gasteiger partial charge on any atom is -0.478 e. The lowest BCUT2D eigenvalue weighted by molar-refractivity contribution is -0.113. The minimum atomic E-state index is -1.08. The van der Waals surface area contributed by atoms with Crippen molar-refractivity contribution in [3.05, 3.63) is 65.2 Å². The molecule has 0 spiro atoms. The van der Waals surface area contributed by atoms with Gasteiger partial charge in [0.1, 0.15) is 0 Å². The number of rotatable bonds is 6. The smallest absolute Gasteiger partial charge is 0.337 e. The molecule has 0 saturated carbocycles. The van der Waals surface area contributed by atoms with E-state index in [1.54, 1.807) is 30.3 Å². The number of nitrogens with zero attached hydrogens (tertiary/aromatic N) is 1. The van der Waals surface area contributed by atoms with Crippen LogP contribution in [0.25, 0.3) is 0 Å². The SMILES string of the molecule is N#Cc1ccc(CSCC(=O)Nc2ccccc2C(=O)O)cc1. The van der Waals surface area contributed by atoms with Crippen molar-refractivity contribution < 1.29 is 14.7 Å². The van der Waals surface area contributed by atoms with Crippen LogP contribution in [-0.2, 0) is 10.5 Å². The summed E-state index contributed by atoms with van der Waals surface area (Å²) in [6.07, 6.45) is 0. The zero-order valence-electron chi connectivity index (χ0n) is 12.2. The Morgan fingerprint density at radius 3 is 2.48 bits per heavy atom. The van der Waals surface area contributed by atoms with E-state index in [1.165, 1.54) is 17.8 Å². The van der Waals surface area contributed by atoms with E-state index in [2.05, 4.69) is 11.4 Å².